The Kier molecular flexibility index (Phi) is 5.81. The summed E-state index contributed by atoms with van der Waals surface area (Å²) in [4.78, 5) is 34.7. The number of benzene rings is 3. The van der Waals surface area contributed by atoms with Gasteiger partial charge in [0.25, 0.3) is 5.56 Å². The highest BCUT2D eigenvalue weighted by Gasteiger charge is 2.26. The second-order valence-corrected chi connectivity index (χ2v) is 8.99. The predicted molar refractivity (Wildman–Crippen MR) is 136 cm³/mol. The molecule has 2 heterocycles. The molecular weight excluding hydrogens is 446 g/mol. The molecule has 2 N–H and O–H groups in total. The molecular formula is C26H23N5O2S. The molecule has 0 radical (unpaired) electrons. The van der Waals surface area contributed by atoms with Crippen LogP contribution >= 0.6 is 11.8 Å². The lowest BCUT2D eigenvalue weighted by Gasteiger charge is -2.15. The van der Waals surface area contributed by atoms with Gasteiger partial charge in [0.1, 0.15) is 10.9 Å². The molecule has 0 saturated carbocycles. The van der Waals surface area contributed by atoms with Crippen molar-refractivity contribution in [3.63, 3.8) is 0 Å². The first-order chi connectivity index (χ1) is 16.5. The zero-order valence-corrected chi connectivity index (χ0v) is 19.5. The predicted octanol–water partition coefficient (Wildman–Crippen LogP) is 4.83. The molecule has 0 aliphatic carbocycles. The van der Waals surface area contributed by atoms with Gasteiger partial charge in [-0.05, 0) is 36.8 Å². The molecule has 7 nitrogen and oxygen atoms in total. The molecule has 0 aliphatic heterocycles. The molecule has 0 fully saturated rings. The Morgan fingerprint density at radius 1 is 0.971 bits per heavy atom. The lowest BCUT2D eigenvalue weighted by Crippen LogP contribution is -2.25. The number of aromatic nitrogens is 4. The molecule has 1 atom stereocenters. The topological polar surface area (TPSA) is 84.7 Å². The van der Waals surface area contributed by atoms with Gasteiger partial charge in [0.05, 0.1) is 22.4 Å². The van der Waals surface area contributed by atoms with Crippen LogP contribution < -0.4 is 10.9 Å². The second-order valence-electron chi connectivity index (χ2n) is 7.89. The molecule has 5 rings (SSSR count). The molecule has 0 spiro atoms. The van der Waals surface area contributed by atoms with E-state index in [2.05, 4.69) is 15.3 Å². The highest BCUT2D eigenvalue weighted by Crippen LogP contribution is 2.35. The van der Waals surface area contributed by atoms with Gasteiger partial charge in [-0.3, -0.25) is 14.3 Å². The van der Waals surface area contributed by atoms with Crippen molar-refractivity contribution in [2.24, 2.45) is 7.05 Å². The van der Waals surface area contributed by atoms with Gasteiger partial charge in [-0.25, -0.2) is 9.67 Å². The lowest BCUT2D eigenvalue weighted by atomic mass is 10.1. The Hall–Kier alpha value is -4.04. The van der Waals surface area contributed by atoms with Crippen molar-refractivity contribution in [1.82, 2.24) is 19.3 Å². The van der Waals surface area contributed by atoms with Crippen LogP contribution in [0.5, 0.6) is 0 Å². The van der Waals surface area contributed by atoms with E-state index >= 15 is 0 Å². The smallest absolute Gasteiger partial charge is 0.295 e. The van der Waals surface area contributed by atoms with Crippen molar-refractivity contribution in [3.05, 3.63) is 107 Å². The summed E-state index contributed by atoms with van der Waals surface area (Å²) in [6.07, 6.45) is 0. The molecule has 170 valence electrons. The van der Waals surface area contributed by atoms with Crippen LogP contribution in [0.2, 0.25) is 0 Å². The molecule has 34 heavy (non-hydrogen) atoms. The first kappa shape index (κ1) is 21.8. The Bertz CT molecular complexity index is 1490. The van der Waals surface area contributed by atoms with Crippen LogP contribution in [0.1, 0.15) is 16.5 Å². The third kappa shape index (κ3) is 4.04. The number of amides is 1. The molecule has 1 amide bonds. The molecule has 0 aliphatic rings. The average Bonchev–Trinajstić information content (AvgIpc) is 3.37. The zero-order chi connectivity index (χ0) is 23.7. The van der Waals surface area contributed by atoms with Crippen LogP contribution in [0.25, 0.3) is 16.7 Å². The van der Waals surface area contributed by atoms with Gasteiger partial charge >= 0.3 is 0 Å². The van der Waals surface area contributed by atoms with E-state index in [9.17, 15) is 9.59 Å². The SMILES string of the molecule is Cc1c(NC(=O)C(Sc2nc3ccccc3[nH]2)c2ccccc2)c(=O)n(-c2ccccc2)n1C. The van der Waals surface area contributed by atoms with E-state index in [-0.39, 0.29) is 17.2 Å². The van der Waals surface area contributed by atoms with Gasteiger partial charge in [0.15, 0.2) is 5.16 Å². The van der Waals surface area contributed by atoms with Gasteiger partial charge < -0.3 is 10.3 Å². The molecule has 5 aromatic rings. The molecule has 0 bridgehead atoms. The van der Waals surface area contributed by atoms with Crippen molar-refractivity contribution >= 4 is 34.4 Å². The van der Waals surface area contributed by atoms with Gasteiger partial charge in [-0.2, -0.15) is 0 Å². The van der Waals surface area contributed by atoms with E-state index in [0.717, 1.165) is 22.3 Å². The van der Waals surface area contributed by atoms with Crippen LogP contribution in [0.15, 0.2) is 94.9 Å². The van der Waals surface area contributed by atoms with Crippen molar-refractivity contribution < 1.29 is 4.79 Å². The maximum atomic E-state index is 13.6. The number of anilines is 1. The number of nitrogens with one attached hydrogen (secondary N) is 2. The normalized spacial score (nSPS) is 12.1. The van der Waals surface area contributed by atoms with E-state index in [4.69, 9.17) is 0 Å². The number of thioether (sulfide) groups is 1. The fourth-order valence-electron chi connectivity index (χ4n) is 3.90. The zero-order valence-electron chi connectivity index (χ0n) is 18.7. The third-order valence-electron chi connectivity index (χ3n) is 5.74. The minimum absolute atomic E-state index is 0.266. The number of fused-ring (bicyclic) bond motifs is 1. The maximum Gasteiger partial charge on any atom is 0.295 e. The van der Waals surface area contributed by atoms with Crippen LogP contribution in [-0.4, -0.2) is 25.2 Å². The van der Waals surface area contributed by atoms with Crippen LogP contribution in [0, 0.1) is 6.92 Å². The lowest BCUT2D eigenvalue weighted by molar-refractivity contribution is -0.115. The Morgan fingerprint density at radius 2 is 1.62 bits per heavy atom. The quantitative estimate of drug-likeness (QED) is 0.349. The van der Waals surface area contributed by atoms with E-state index in [1.165, 1.54) is 11.8 Å². The van der Waals surface area contributed by atoms with Crippen LogP contribution in [-0.2, 0) is 11.8 Å². The maximum absolute atomic E-state index is 13.6. The fraction of sp³-hybridized carbons (Fsp3) is 0.115. The molecule has 1 unspecified atom stereocenters. The first-order valence-corrected chi connectivity index (χ1v) is 11.7. The molecule has 3 aromatic carbocycles. The minimum Gasteiger partial charge on any atom is -0.333 e. The summed E-state index contributed by atoms with van der Waals surface area (Å²) in [6, 6.07) is 26.6. The Balaban J connectivity index is 1.50. The first-order valence-electron chi connectivity index (χ1n) is 10.8. The molecule has 2 aromatic heterocycles. The number of carbonyl (C=O) groups is 1. The number of carbonyl (C=O) groups excluding carboxylic acids is 1. The summed E-state index contributed by atoms with van der Waals surface area (Å²) in [5.41, 5.74) is 3.95. The van der Waals surface area contributed by atoms with Crippen molar-refractivity contribution in [2.45, 2.75) is 17.3 Å². The fourth-order valence-corrected chi connectivity index (χ4v) is 4.90. The highest BCUT2D eigenvalue weighted by molar-refractivity contribution is 8.00. The van der Waals surface area contributed by atoms with E-state index in [1.54, 1.807) is 16.4 Å². The summed E-state index contributed by atoms with van der Waals surface area (Å²) >= 11 is 1.32. The summed E-state index contributed by atoms with van der Waals surface area (Å²) in [5, 5.41) is 2.94. The van der Waals surface area contributed by atoms with Gasteiger partial charge in [0.2, 0.25) is 5.91 Å². The number of H-pyrrole nitrogens is 1. The van der Waals surface area contributed by atoms with E-state index in [0.29, 0.717) is 10.9 Å². The largest absolute Gasteiger partial charge is 0.333 e. The number of nitrogens with zero attached hydrogens (tertiary/aromatic N) is 3. The van der Waals surface area contributed by atoms with Gasteiger partial charge in [0, 0.05) is 7.05 Å². The Morgan fingerprint density at radius 3 is 2.32 bits per heavy atom. The Labute approximate surface area is 200 Å². The third-order valence-corrected chi connectivity index (χ3v) is 6.88. The second kappa shape index (κ2) is 9.07. The van der Waals surface area contributed by atoms with Gasteiger partial charge in [-0.15, -0.1) is 0 Å². The standard InChI is InChI=1S/C26H23N5O2S/c1-17-22(25(33)31(30(17)2)19-13-7-4-8-14-19)29-24(32)23(18-11-5-3-6-12-18)34-26-27-20-15-9-10-16-21(20)28-26/h3-16,23H,1-2H3,(H,27,28)(H,29,32). The summed E-state index contributed by atoms with van der Waals surface area (Å²) < 4.78 is 3.30. The number of aromatic amines is 1. The van der Waals surface area contributed by atoms with Crippen molar-refractivity contribution in [1.29, 1.82) is 0 Å². The van der Waals surface area contributed by atoms with E-state index < -0.39 is 5.25 Å². The average molecular weight is 470 g/mol. The van der Waals surface area contributed by atoms with Gasteiger partial charge in [-0.1, -0.05) is 72.4 Å². The summed E-state index contributed by atoms with van der Waals surface area (Å²) in [7, 11) is 1.80. The minimum atomic E-state index is -0.606. The summed E-state index contributed by atoms with van der Waals surface area (Å²) in [6.45, 7) is 1.82. The number of imidazole rings is 1. The molecule has 0 saturated heterocycles. The van der Waals surface area contributed by atoms with Crippen molar-refractivity contribution in [3.8, 4) is 5.69 Å². The number of hydrogen-bond donors (Lipinski definition) is 2. The van der Waals surface area contributed by atoms with Crippen molar-refractivity contribution in [2.75, 3.05) is 5.32 Å². The number of para-hydroxylation sites is 3. The number of hydrogen-bond acceptors (Lipinski definition) is 4. The van der Waals surface area contributed by atoms with E-state index in [1.807, 2.05) is 91.9 Å². The van der Waals surface area contributed by atoms with Crippen LogP contribution in [0.3, 0.4) is 0 Å². The summed E-state index contributed by atoms with van der Waals surface area (Å²) in [5.74, 6) is -0.289. The highest BCUT2D eigenvalue weighted by atomic mass is 32.2. The molecule has 8 heteroatoms. The van der Waals surface area contributed by atoms with Crippen LogP contribution in [0.4, 0.5) is 5.69 Å². The number of rotatable bonds is 6. The monoisotopic (exact) mass is 469 g/mol.